The molecule has 13 heteroatoms. The van der Waals surface area contributed by atoms with Crippen LogP contribution in [-0.4, -0.2) is 86.3 Å². The van der Waals surface area contributed by atoms with E-state index < -0.39 is 29.7 Å². The zero-order chi connectivity index (χ0) is 31.8. The summed E-state index contributed by atoms with van der Waals surface area (Å²) in [4.78, 5) is 73.5. The number of pyridine rings is 1. The number of imide groups is 2. The number of benzene rings is 1. The molecule has 1 atom stereocenters. The van der Waals surface area contributed by atoms with E-state index in [-0.39, 0.29) is 41.8 Å². The molecular formula is C33H36N8O5. The lowest BCUT2D eigenvalue weighted by molar-refractivity contribution is -0.138. The fraction of sp³-hybridized carbons (Fsp3) is 0.424. The molecule has 3 aromatic rings. The van der Waals surface area contributed by atoms with Crippen molar-refractivity contribution in [3.63, 3.8) is 0 Å². The first-order valence-corrected chi connectivity index (χ1v) is 15.9. The van der Waals surface area contributed by atoms with E-state index in [1.165, 1.54) is 0 Å². The lowest BCUT2D eigenvalue weighted by atomic mass is 9.93. The molecule has 0 spiro atoms. The summed E-state index contributed by atoms with van der Waals surface area (Å²) >= 11 is 0. The minimum Gasteiger partial charge on any atom is -0.380 e. The number of carbonyl (C=O) groups is 5. The van der Waals surface area contributed by atoms with Gasteiger partial charge in [-0.05, 0) is 56.4 Å². The standard InChI is InChI=1S/C33H36N8O5/c42-28-8-7-26(30(43)37-28)41-32(45)24-4-3-5-25(29(24)33(41)46)35-18-21-19-36-40(20-21)23-11-16-39(17-12-23)31(44)22-9-14-38(15-10-22)27-6-1-2-13-34-27/h1-6,13,19-20,22-23,26,35H,7-12,14-18H2,(H,37,42,43). The van der Waals surface area contributed by atoms with Crippen LogP contribution in [0, 0.1) is 5.92 Å². The highest BCUT2D eigenvalue weighted by Crippen LogP contribution is 2.33. The van der Waals surface area contributed by atoms with Crippen LogP contribution in [0.3, 0.4) is 0 Å². The molecule has 0 radical (unpaired) electrons. The highest BCUT2D eigenvalue weighted by molar-refractivity contribution is 6.25. The molecule has 6 heterocycles. The van der Waals surface area contributed by atoms with Crippen LogP contribution in [0.4, 0.5) is 11.5 Å². The smallest absolute Gasteiger partial charge is 0.264 e. The van der Waals surface area contributed by atoms with Gasteiger partial charge in [0.15, 0.2) is 0 Å². The molecule has 5 amide bonds. The van der Waals surface area contributed by atoms with Crippen LogP contribution < -0.4 is 15.5 Å². The number of nitrogens with zero attached hydrogens (tertiary/aromatic N) is 6. The molecule has 4 aliphatic rings. The van der Waals surface area contributed by atoms with Crippen LogP contribution in [0.15, 0.2) is 55.0 Å². The Labute approximate surface area is 265 Å². The average molecular weight is 625 g/mol. The predicted molar refractivity (Wildman–Crippen MR) is 167 cm³/mol. The molecule has 1 aromatic carbocycles. The molecule has 0 bridgehead atoms. The first kappa shape index (κ1) is 29.6. The largest absolute Gasteiger partial charge is 0.380 e. The number of amides is 5. The Morgan fingerprint density at radius 1 is 0.913 bits per heavy atom. The summed E-state index contributed by atoms with van der Waals surface area (Å²) in [6, 6.07) is 10.1. The molecule has 0 saturated carbocycles. The number of hydrogen-bond acceptors (Lipinski definition) is 9. The number of piperidine rings is 3. The van der Waals surface area contributed by atoms with Gasteiger partial charge >= 0.3 is 0 Å². The Hall–Kier alpha value is -5.07. The summed E-state index contributed by atoms with van der Waals surface area (Å²) in [5, 5.41) is 10.1. The summed E-state index contributed by atoms with van der Waals surface area (Å²) in [5.74, 6) is -0.853. The van der Waals surface area contributed by atoms with E-state index in [4.69, 9.17) is 0 Å². The molecule has 4 aliphatic heterocycles. The van der Waals surface area contributed by atoms with Crippen LogP contribution >= 0.6 is 0 Å². The minimum atomic E-state index is -1.01. The second-order valence-electron chi connectivity index (χ2n) is 12.4. The van der Waals surface area contributed by atoms with E-state index in [9.17, 15) is 24.0 Å². The third kappa shape index (κ3) is 5.61. The predicted octanol–water partition coefficient (Wildman–Crippen LogP) is 2.37. The van der Waals surface area contributed by atoms with E-state index >= 15 is 0 Å². The number of fused-ring (bicyclic) bond motifs is 1. The number of carbonyl (C=O) groups excluding carboxylic acids is 5. The Bertz CT molecular complexity index is 1670. The molecule has 7 rings (SSSR count). The summed E-state index contributed by atoms with van der Waals surface area (Å²) in [6.45, 7) is 3.45. The fourth-order valence-corrected chi connectivity index (χ4v) is 7.03. The van der Waals surface area contributed by atoms with Crippen molar-refractivity contribution in [3.8, 4) is 0 Å². The van der Waals surface area contributed by atoms with Gasteiger partial charge in [0.25, 0.3) is 11.8 Å². The van der Waals surface area contributed by atoms with Crippen molar-refractivity contribution in [3.05, 3.63) is 71.7 Å². The van der Waals surface area contributed by atoms with E-state index in [1.807, 2.05) is 34.0 Å². The molecule has 2 N–H and O–H groups in total. The monoisotopic (exact) mass is 624 g/mol. The Morgan fingerprint density at radius 2 is 1.72 bits per heavy atom. The van der Waals surface area contributed by atoms with Gasteiger partial charge in [0.1, 0.15) is 11.9 Å². The first-order chi connectivity index (χ1) is 22.4. The number of likely N-dealkylation sites (tertiary alicyclic amines) is 1. The lowest BCUT2D eigenvalue weighted by Gasteiger charge is -2.37. The van der Waals surface area contributed by atoms with Crippen LogP contribution in [0.5, 0.6) is 0 Å². The molecule has 3 fully saturated rings. The maximum Gasteiger partial charge on any atom is 0.264 e. The number of rotatable bonds is 7. The summed E-state index contributed by atoms with van der Waals surface area (Å²) in [7, 11) is 0. The lowest BCUT2D eigenvalue weighted by Crippen LogP contribution is -2.54. The number of hydrogen-bond donors (Lipinski definition) is 2. The molecule has 13 nitrogen and oxygen atoms in total. The van der Waals surface area contributed by atoms with Crippen molar-refractivity contribution >= 4 is 41.0 Å². The topological polar surface area (TPSA) is 150 Å². The van der Waals surface area contributed by atoms with E-state index in [0.717, 1.165) is 55.1 Å². The van der Waals surface area contributed by atoms with Gasteiger partial charge in [-0.25, -0.2) is 4.98 Å². The third-order valence-corrected chi connectivity index (χ3v) is 9.57. The van der Waals surface area contributed by atoms with Crippen molar-refractivity contribution in [2.24, 2.45) is 5.92 Å². The molecule has 0 aliphatic carbocycles. The molecule has 46 heavy (non-hydrogen) atoms. The molecule has 1 unspecified atom stereocenters. The normalized spacial score (nSPS) is 21.0. The Balaban J connectivity index is 0.923. The SMILES string of the molecule is O=C1CCC(N2C(=O)c3cccc(NCc4cnn(C5CCN(C(=O)C6CCN(c7ccccn7)CC6)CC5)c4)c3C2=O)C(=O)N1. The van der Waals surface area contributed by atoms with Crippen LogP contribution in [0.2, 0.25) is 0 Å². The molecule has 2 aromatic heterocycles. The number of nitrogens with one attached hydrogen (secondary N) is 2. The summed E-state index contributed by atoms with van der Waals surface area (Å²) in [6.07, 6.45) is 9.07. The van der Waals surface area contributed by atoms with Crippen LogP contribution in [-0.2, 0) is 20.9 Å². The zero-order valence-corrected chi connectivity index (χ0v) is 25.4. The van der Waals surface area contributed by atoms with Gasteiger partial charge < -0.3 is 15.1 Å². The average Bonchev–Trinajstić information content (AvgIpc) is 3.67. The number of aromatic nitrogens is 3. The second-order valence-corrected chi connectivity index (χ2v) is 12.4. The fourth-order valence-electron chi connectivity index (χ4n) is 7.03. The summed E-state index contributed by atoms with van der Waals surface area (Å²) < 4.78 is 1.96. The Kier molecular flexibility index (Phi) is 7.97. The highest BCUT2D eigenvalue weighted by Gasteiger charge is 2.45. The maximum atomic E-state index is 13.4. The zero-order valence-electron chi connectivity index (χ0n) is 25.4. The minimum absolute atomic E-state index is 0.0524. The van der Waals surface area contributed by atoms with Gasteiger partial charge in [0, 0.05) is 68.7 Å². The molecule has 3 saturated heterocycles. The van der Waals surface area contributed by atoms with Gasteiger partial charge in [0.2, 0.25) is 17.7 Å². The molecular weight excluding hydrogens is 588 g/mol. The second kappa shape index (κ2) is 12.4. The van der Waals surface area contributed by atoms with Crippen molar-refractivity contribution < 1.29 is 24.0 Å². The van der Waals surface area contributed by atoms with Gasteiger partial charge in [-0.3, -0.25) is 38.9 Å². The van der Waals surface area contributed by atoms with E-state index in [1.54, 1.807) is 30.6 Å². The first-order valence-electron chi connectivity index (χ1n) is 15.9. The summed E-state index contributed by atoms with van der Waals surface area (Å²) in [5.41, 5.74) is 1.87. The van der Waals surface area contributed by atoms with Gasteiger partial charge in [-0.15, -0.1) is 0 Å². The van der Waals surface area contributed by atoms with Gasteiger partial charge in [0.05, 0.1) is 23.4 Å². The third-order valence-electron chi connectivity index (χ3n) is 9.57. The van der Waals surface area contributed by atoms with Crippen LogP contribution in [0.1, 0.15) is 70.8 Å². The van der Waals surface area contributed by atoms with Gasteiger partial charge in [-0.2, -0.15) is 5.10 Å². The Morgan fingerprint density at radius 3 is 2.46 bits per heavy atom. The van der Waals surface area contributed by atoms with E-state index in [0.29, 0.717) is 25.3 Å². The van der Waals surface area contributed by atoms with Gasteiger partial charge in [-0.1, -0.05) is 12.1 Å². The molecule has 238 valence electrons. The maximum absolute atomic E-state index is 13.4. The highest BCUT2D eigenvalue weighted by atomic mass is 16.2. The van der Waals surface area contributed by atoms with Crippen molar-refractivity contribution in [2.75, 3.05) is 36.4 Å². The van der Waals surface area contributed by atoms with Crippen molar-refractivity contribution in [2.45, 2.75) is 57.2 Å². The van der Waals surface area contributed by atoms with Crippen molar-refractivity contribution in [1.29, 1.82) is 0 Å². The number of anilines is 2. The van der Waals surface area contributed by atoms with Crippen molar-refractivity contribution in [1.82, 2.24) is 29.9 Å². The van der Waals surface area contributed by atoms with E-state index in [2.05, 4.69) is 25.6 Å². The quantitative estimate of drug-likeness (QED) is 0.378. The van der Waals surface area contributed by atoms with Crippen LogP contribution in [0.25, 0.3) is 0 Å².